The van der Waals surface area contributed by atoms with Crippen molar-refractivity contribution in [3.8, 4) is 0 Å². The fraction of sp³-hybridized carbons (Fsp3) is 0.900. The van der Waals surface area contributed by atoms with E-state index in [9.17, 15) is 30.3 Å². The van der Waals surface area contributed by atoms with Crippen molar-refractivity contribution in [2.75, 3.05) is 13.2 Å². The van der Waals surface area contributed by atoms with E-state index in [1.165, 1.54) is 57.8 Å². The van der Waals surface area contributed by atoms with Gasteiger partial charge in [0.25, 0.3) is 0 Å². The molecule has 0 bridgehead atoms. The summed E-state index contributed by atoms with van der Waals surface area (Å²) in [6.07, 6.45) is 12.8. The second-order valence-electron chi connectivity index (χ2n) is 10.9. The standard InChI is InChI=1S/C30H57NO8/c1-3-5-7-9-11-12-14-16-18-20-26(34)31-23(24(33)19-17-15-13-10-8-6-4-2)22-38-30-29(37)28(36)27(35)25(21-32)39-30/h17,19,23-25,27-30,32-33,35-37H,3-16,18,20-22H2,1-2H3,(H,31,34)/b19-17+. The van der Waals surface area contributed by atoms with Gasteiger partial charge in [0.2, 0.25) is 5.91 Å². The molecule has 0 aromatic heterocycles. The normalized spacial score (nSPS) is 25.2. The number of hydrogen-bond acceptors (Lipinski definition) is 8. The first-order valence-electron chi connectivity index (χ1n) is 15.4. The fourth-order valence-electron chi connectivity index (χ4n) is 4.74. The molecule has 1 saturated heterocycles. The molecular formula is C30H57NO8. The molecule has 0 aromatic carbocycles. The summed E-state index contributed by atoms with van der Waals surface area (Å²) >= 11 is 0. The second kappa shape index (κ2) is 22.6. The van der Waals surface area contributed by atoms with E-state index < -0.39 is 49.5 Å². The van der Waals surface area contributed by atoms with E-state index >= 15 is 0 Å². The van der Waals surface area contributed by atoms with E-state index in [2.05, 4.69) is 19.2 Å². The number of amides is 1. The van der Waals surface area contributed by atoms with Crippen LogP contribution in [0.2, 0.25) is 0 Å². The third-order valence-electron chi connectivity index (χ3n) is 7.36. The molecule has 1 aliphatic rings. The van der Waals surface area contributed by atoms with Crippen molar-refractivity contribution in [3.63, 3.8) is 0 Å². The quantitative estimate of drug-likeness (QED) is 0.0823. The maximum atomic E-state index is 12.7. The Morgan fingerprint density at radius 1 is 0.846 bits per heavy atom. The number of ether oxygens (including phenoxy) is 2. The van der Waals surface area contributed by atoms with Gasteiger partial charge in [-0.3, -0.25) is 4.79 Å². The first-order chi connectivity index (χ1) is 18.8. The van der Waals surface area contributed by atoms with Crippen LogP contribution in [0.1, 0.15) is 117 Å². The zero-order chi connectivity index (χ0) is 28.9. The van der Waals surface area contributed by atoms with Crippen molar-refractivity contribution in [2.24, 2.45) is 0 Å². The number of carbonyl (C=O) groups excluding carboxylic acids is 1. The third kappa shape index (κ3) is 15.5. The topological polar surface area (TPSA) is 149 Å². The maximum Gasteiger partial charge on any atom is 0.220 e. The van der Waals surface area contributed by atoms with E-state index in [0.29, 0.717) is 6.42 Å². The van der Waals surface area contributed by atoms with E-state index in [1.807, 2.05) is 6.08 Å². The Bertz CT molecular complexity index is 632. The number of aliphatic hydroxyl groups is 5. The largest absolute Gasteiger partial charge is 0.394 e. The molecule has 230 valence electrons. The van der Waals surface area contributed by atoms with Crippen LogP contribution in [0, 0.1) is 0 Å². The number of hydrogen-bond donors (Lipinski definition) is 6. The highest BCUT2D eigenvalue weighted by Crippen LogP contribution is 2.22. The van der Waals surface area contributed by atoms with Gasteiger partial charge in [0.05, 0.1) is 25.4 Å². The summed E-state index contributed by atoms with van der Waals surface area (Å²) < 4.78 is 11.0. The highest BCUT2D eigenvalue weighted by atomic mass is 16.7. The van der Waals surface area contributed by atoms with Gasteiger partial charge in [-0.05, 0) is 19.3 Å². The minimum atomic E-state index is -1.56. The minimum absolute atomic E-state index is 0.186. The summed E-state index contributed by atoms with van der Waals surface area (Å²) in [7, 11) is 0. The van der Waals surface area contributed by atoms with E-state index in [1.54, 1.807) is 6.08 Å². The molecule has 0 saturated carbocycles. The van der Waals surface area contributed by atoms with Crippen molar-refractivity contribution in [2.45, 2.75) is 159 Å². The summed E-state index contributed by atoms with van der Waals surface area (Å²) in [6.45, 7) is 3.63. The van der Waals surface area contributed by atoms with Crippen LogP contribution in [0.5, 0.6) is 0 Å². The van der Waals surface area contributed by atoms with Crippen molar-refractivity contribution < 1.29 is 39.8 Å². The van der Waals surface area contributed by atoms with Gasteiger partial charge in [-0.15, -0.1) is 0 Å². The Labute approximate surface area is 236 Å². The Balaban J connectivity index is 2.57. The van der Waals surface area contributed by atoms with Crippen molar-refractivity contribution in [1.82, 2.24) is 5.32 Å². The van der Waals surface area contributed by atoms with Crippen LogP contribution in [-0.2, 0) is 14.3 Å². The highest BCUT2D eigenvalue weighted by Gasteiger charge is 2.44. The summed E-state index contributed by atoms with van der Waals surface area (Å²) in [5, 5.41) is 53.3. The Kier molecular flexibility index (Phi) is 20.8. The number of nitrogens with one attached hydrogen (secondary N) is 1. The molecule has 1 fully saturated rings. The van der Waals surface area contributed by atoms with Crippen LogP contribution < -0.4 is 5.32 Å². The van der Waals surface area contributed by atoms with Crippen molar-refractivity contribution >= 4 is 5.91 Å². The molecule has 0 aromatic rings. The Hall–Kier alpha value is -1.07. The number of rotatable bonds is 23. The van der Waals surface area contributed by atoms with Crippen LogP contribution in [-0.4, -0.2) is 87.5 Å². The monoisotopic (exact) mass is 559 g/mol. The van der Waals surface area contributed by atoms with Gasteiger partial charge in [-0.25, -0.2) is 0 Å². The van der Waals surface area contributed by atoms with Crippen LogP contribution in [0.4, 0.5) is 0 Å². The Morgan fingerprint density at radius 2 is 1.41 bits per heavy atom. The molecule has 7 atom stereocenters. The zero-order valence-electron chi connectivity index (χ0n) is 24.4. The van der Waals surface area contributed by atoms with Crippen LogP contribution >= 0.6 is 0 Å². The molecule has 0 spiro atoms. The van der Waals surface area contributed by atoms with Gasteiger partial charge >= 0.3 is 0 Å². The molecule has 6 N–H and O–H groups in total. The number of aliphatic hydroxyl groups excluding tert-OH is 5. The lowest BCUT2D eigenvalue weighted by molar-refractivity contribution is -0.302. The predicted molar refractivity (Wildman–Crippen MR) is 152 cm³/mol. The zero-order valence-corrected chi connectivity index (χ0v) is 24.4. The molecular weight excluding hydrogens is 502 g/mol. The fourth-order valence-corrected chi connectivity index (χ4v) is 4.74. The molecule has 0 aliphatic carbocycles. The Morgan fingerprint density at radius 3 is 2.00 bits per heavy atom. The molecule has 1 aliphatic heterocycles. The van der Waals surface area contributed by atoms with Gasteiger partial charge < -0.3 is 40.3 Å². The summed E-state index contributed by atoms with van der Waals surface area (Å²) in [5.41, 5.74) is 0. The lowest BCUT2D eigenvalue weighted by atomic mass is 9.99. The van der Waals surface area contributed by atoms with E-state index in [0.717, 1.165) is 38.5 Å². The average Bonchev–Trinajstić information content (AvgIpc) is 2.93. The molecule has 1 heterocycles. The number of allylic oxidation sites excluding steroid dienone is 1. The lowest BCUT2D eigenvalue weighted by Gasteiger charge is -2.40. The summed E-state index contributed by atoms with van der Waals surface area (Å²) in [6, 6.07) is -0.792. The smallest absolute Gasteiger partial charge is 0.220 e. The van der Waals surface area contributed by atoms with Crippen LogP contribution in [0.25, 0.3) is 0 Å². The molecule has 9 nitrogen and oxygen atoms in total. The molecule has 1 rings (SSSR count). The van der Waals surface area contributed by atoms with Crippen LogP contribution in [0.3, 0.4) is 0 Å². The average molecular weight is 560 g/mol. The maximum absolute atomic E-state index is 12.7. The van der Waals surface area contributed by atoms with Gasteiger partial charge in [-0.2, -0.15) is 0 Å². The van der Waals surface area contributed by atoms with E-state index in [-0.39, 0.29) is 12.5 Å². The first kappa shape index (κ1) is 36.0. The van der Waals surface area contributed by atoms with Crippen molar-refractivity contribution in [1.29, 1.82) is 0 Å². The van der Waals surface area contributed by atoms with E-state index in [4.69, 9.17) is 9.47 Å². The summed E-state index contributed by atoms with van der Waals surface area (Å²) in [5.74, 6) is -0.188. The highest BCUT2D eigenvalue weighted by molar-refractivity contribution is 5.76. The molecule has 39 heavy (non-hydrogen) atoms. The van der Waals surface area contributed by atoms with Gasteiger partial charge in [-0.1, -0.05) is 103 Å². The van der Waals surface area contributed by atoms with Gasteiger partial charge in [0, 0.05) is 6.42 Å². The molecule has 9 heteroatoms. The van der Waals surface area contributed by atoms with Crippen molar-refractivity contribution in [3.05, 3.63) is 12.2 Å². The van der Waals surface area contributed by atoms with Gasteiger partial charge in [0.15, 0.2) is 6.29 Å². The first-order valence-corrected chi connectivity index (χ1v) is 15.4. The van der Waals surface area contributed by atoms with Gasteiger partial charge in [0.1, 0.15) is 24.4 Å². The molecule has 1 amide bonds. The number of unbranched alkanes of at least 4 members (excludes halogenated alkanes) is 13. The minimum Gasteiger partial charge on any atom is -0.394 e. The molecule has 0 radical (unpaired) electrons. The number of carbonyl (C=O) groups is 1. The third-order valence-corrected chi connectivity index (χ3v) is 7.36. The SMILES string of the molecule is CCCCCCC/C=C/C(O)C(COC1OC(CO)C(O)C(O)C1O)NC(=O)CCCCCCCCCCC. The summed E-state index contributed by atoms with van der Waals surface area (Å²) in [4.78, 5) is 12.7. The second-order valence-corrected chi connectivity index (χ2v) is 10.9. The molecule has 7 unspecified atom stereocenters. The predicted octanol–water partition coefficient (Wildman–Crippen LogP) is 3.49. The van der Waals surface area contributed by atoms with Crippen LogP contribution in [0.15, 0.2) is 12.2 Å². The lowest BCUT2D eigenvalue weighted by Crippen LogP contribution is -2.60.